The van der Waals surface area contributed by atoms with Crippen LogP contribution in [-0.4, -0.2) is 32.6 Å². The van der Waals surface area contributed by atoms with Crippen LogP contribution in [0.5, 0.6) is 5.75 Å². The number of tetrazole rings is 1. The molecule has 0 amide bonds. The zero-order valence-electron chi connectivity index (χ0n) is 16.2. The van der Waals surface area contributed by atoms with Gasteiger partial charge in [0.25, 0.3) is 0 Å². The van der Waals surface area contributed by atoms with Crippen molar-refractivity contribution in [2.24, 2.45) is 12.2 Å². The van der Waals surface area contributed by atoms with Crippen LogP contribution in [0.1, 0.15) is 18.1 Å². The van der Waals surface area contributed by atoms with E-state index in [2.05, 4.69) is 15.6 Å². The zero-order chi connectivity index (χ0) is 20.8. The minimum atomic E-state index is -0.370. The smallest absolute Gasteiger partial charge is 0.368 e. The second-order valence-corrected chi connectivity index (χ2v) is 6.58. The Morgan fingerprint density at radius 2 is 1.97 bits per heavy atom. The molecule has 0 saturated heterocycles. The van der Waals surface area contributed by atoms with E-state index in [4.69, 9.17) is 21.2 Å². The Morgan fingerprint density at radius 1 is 1.21 bits per heavy atom. The van der Waals surface area contributed by atoms with Crippen LogP contribution in [0.4, 0.5) is 0 Å². The summed E-state index contributed by atoms with van der Waals surface area (Å²) >= 11 is 5.88. The predicted molar refractivity (Wildman–Crippen MR) is 112 cm³/mol. The summed E-state index contributed by atoms with van der Waals surface area (Å²) in [5.74, 6) is 0.560. The first-order valence-corrected chi connectivity index (χ1v) is 9.13. The lowest BCUT2D eigenvalue weighted by Gasteiger charge is -2.12. The molecule has 0 spiro atoms. The fraction of sp³-hybridized carbons (Fsp3) is 0.200. The van der Waals surface area contributed by atoms with Crippen LogP contribution in [-0.2, 0) is 18.5 Å². The Labute approximate surface area is 172 Å². The first-order chi connectivity index (χ1) is 14.0. The summed E-state index contributed by atoms with van der Waals surface area (Å²) in [5, 5.41) is 12.4. The third-order valence-electron chi connectivity index (χ3n) is 4.08. The van der Waals surface area contributed by atoms with E-state index in [-0.39, 0.29) is 12.3 Å². The lowest BCUT2D eigenvalue weighted by molar-refractivity contribution is 0.128. The summed E-state index contributed by atoms with van der Waals surface area (Å²) in [7, 11) is 3.08. The van der Waals surface area contributed by atoms with E-state index in [9.17, 15) is 4.79 Å². The third-order valence-corrected chi connectivity index (χ3v) is 4.33. The normalized spacial score (nSPS) is 11.8. The molecule has 1 aromatic heterocycles. The Balaban J connectivity index is 1.77. The van der Waals surface area contributed by atoms with Gasteiger partial charge >= 0.3 is 5.69 Å². The van der Waals surface area contributed by atoms with Crippen molar-refractivity contribution >= 4 is 23.4 Å². The predicted octanol–water partition coefficient (Wildman–Crippen LogP) is 3.23. The maximum Gasteiger partial charge on any atom is 0.368 e. The van der Waals surface area contributed by atoms with Crippen molar-refractivity contribution in [1.29, 1.82) is 0 Å². The summed E-state index contributed by atoms with van der Waals surface area (Å²) in [6.07, 6.45) is 3.74. The van der Waals surface area contributed by atoms with E-state index >= 15 is 0 Å². The van der Waals surface area contributed by atoms with E-state index in [1.807, 2.05) is 43.3 Å². The van der Waals surface area contributed by atoms with Crippen molar-refractivity contribution < 1.29 is 9.57 Å². The van der Waals surface area contributed by atoms with Crippen LogP contribution >= 0.6 is 11.6 Å². The zero-order valence-corrected chi connectivity index (χ0v) is 17.0. The Bertz CT molecular complexity index is 1100. The van der Waals surface area contributed by atoms with Gasteiger partial charge in [0.05, 0.1) is 24.1 Å². The first-order valence-electron chi connectivity index (χ1n) is 8.75. The van der Waals surface area contributed by atoms with E-state index in [0.29, 0.717) is 27.7 Å². The molecule has 150 valence electrons. The molecule has 1 heterocycles. The van der Waals surface area contributed by atoms with E-state index in [1.54, 1.807) is 25.3 Å². The highest BCUT2D eigenvalue weighted by Gasteiger charge is 2.15. The van der Waals surface area contributed by atoms with Crippen LogP contribution in [0.3, 0.4) is 0 Å². The standard InChI is InChI=1S/C20H20ClN5O3/c1-14(7-8-15-9-11-16(21)12-10-15)22-29-13-17-18(5-4-6-19(17)28-3)26-20(27)25(2)23-24-26/h4-12H,13H2,1-3H3/b8-7+,22-14?. The fourth-order valence-corrected chi connectivity index (χ4v) is 2.70. The van der Waals surface area contributed by atoms with Gasteiger partial charge in [-0.3, -0.25) is 0 Å². The van der Waals surface area contributed by atoms with Gasteiger partial charge in [0.2, 0.25) is 0 Å². The first kappa shape index (κ1) is 20.3. The van der Waals surface area contributed by atoms with Crippen LogP contribution in [0, 0.1) is 0 Å². The van der Waals surface area contributed by atoms with Crippen molar-refractivity contribution in [3.63, 3.8) is 0 Å². The van der Waals surface area contributed by atoms with Crippen LogP contribution in [0.25, 0.3) is 11.8 Å². The van der Waals surface area contributed by atoms with E-state index < -0.39 is 0 Å². The Morgan fingerprint density at radius 3 is 2.62 bits per heavy atom. The summed E-state index contributed by atoms with van der Waals surface area (Å²) in [5.41, 5.74) is 2.46. The molecular weight excluding hydrogens is 394 g/mol. The molecule has 2 aromatic carbocycles. The number of aromatic nitrogens is 4. The highest BCUT2D eigenvalue weighted by molar-refractivity contribution is 6.30. The van der Waals surface area contributed by atoms with Gasteiger partial charge in [-0.2, -0.15) is 9.36 Å². The van der Waals surface area contributed by atoms with Crippen LogP contribution in [0.2, 0.25) is 5.02 Å². The minimum absolute atomic E-state index is 0.0918. The van der Waals surface area contributed by atoms with Gasteiger partial charge < -0.3 is 9.57 Å². The monoisotopic (exact) mass is 413 g/mol. The summed E-state index contributed by atoms with van der Waals surface area (Å²) in [6, 6.07) is 12.8. The van der Waals surface area contributed by atoms with Crippen LogP contribution in [0.15, 0.2) is 58.5 Å². The minimum Gasteiger partial charge on any atom is -0.496 e. The van der Waals surface area contributed by atoms with Crippen molar-refractivity contribution in [3.05, 3.63) is 75.2 Å². The van der Waals surface area contributed by atoms with Crippen LogP contribution < -0.4 is 10.4 Å². The van der Waals surface area contributed by atoms with Gasteiger partial charge in [-0.25, -0.2) is 4.79 Å². The number of methoxy groups -OCH3 is 1. The molecule has 3 rings (SSSR count). The van der Waals surface area contributed by atoms with Gasteiger partial charge in [0.1, 0.15) is 12.4 Å². The molecule has 0 radical (unpaired) electrons. The quantitative estimate of drug-likeness (QED) is 0.438. The molecule has 0 fully saturated rings. The van der Waals surface area contributed by atoms with Crippen molar-refractivity contribution in [2.45, 2.75) is 13.5 Å². The molecule has 3 aromatic rings. The molecule has 0 unspecified atom stereocenters. The topological polar surface area (TPSA) is 83.5 Å². The molecule has 0 bridgehead atoms. The maximum atomic E-state index is 12.2. The van der Waals surface area contributed by atoms with Gasteiger partial charge in [0, 0.05) is 12.1 Å². The van der Waals surface area contributed by atoms with Gasteiger partial charge in [-0.15, -0.1) is 0 Å². The Kier molecular flexibility index (Phi) is 6.46. The van der Waals surface area contributed by atoms with Gasteiger partial charge in [-0.1, -0.05) is 41.0 Å². The van der Waals surface area contributed by atoms with E-state index in [1.165, 1.54) is 11.7 Å². The number of benzene rings is 2. The molecule has 0 atom stereocenters. The average Bonchev–Trinajstić information content (AvgIpc) is 3.06. The van der Waals surface area contributed by atoms with Crippen molar-refractivity contribution in [3.8, 4) is 11.4 Å². The molecule has 0 aliphatic heterocycles. The number of rotatable bonds is 7. The van der Waals surface area contributed by atoms with Crippen molar-refractivity contribution in [2.75, 3.05) is 7.11 Å². The lowest BCUT2D eigenvalue weighted by atomic mass is 10.1. The number of hydrogen-bond donors (Lipinski definition) is 0. The second kappa shape index (κ2) is 9.20. The van der Waals surface area contributed by atoms with Gasteiger partial charge in [0.15, 0.2) is 0 Å². The number of nitrogens with zero attached hydrogens (tertiary/aromatic N) is 5. The molecule has 29 heavy (non-hydrogen) atoms. The largest absolute Gasteiger partial charge is 0.496 e. The number of ether oxygens (including phenoxy) is 1. The average molecular weight is 414 g/mol. The number of halogens is 1. The Hall–Kier alpha value is -3.39. The fourth-order valence-electron chi connectivity index (χ4n) is 2.57. The number of allylic oxidation sites excluding steroid dienone is 1. The number of aryl methyl sites for hydroxylation is 1. The third kappa shape index (κ3) is 4.91. The lowest BCUT2D eigenvalue weighted by Crippen LogP contribution is -2.23. The molecule has 0 aliphatic carbocycles. The van der Waals surface area contributed by atoms with Gasteiger partial charge in [-0.05, 0) is 53.3 Å². The molecule has 0 saturated carbocycles. The molecule has 0 aliphatic rings. The highest BCUT2D eigenvalue weighted by Crippen LogP contribution is 2.25. The molecule has 9 heteroatoms. The second-order valence-electron chi connectivity index (χ2n) is 6.15. The van der Waals surface area contributed by atoms with Crippen molar-refractivity contribution in [1.82, 2.24) is 19.8 Å². The number of hydrogen-bond acceptors (Lipinski definition) is 6. The summed E-state index contributed by atoms with van der Waals surface area (Å²) in [6.45, 7) is 1.91. The number of oxime groups is 1. The highest BCUT2D eigenvalue weighted by atomic mass is 35.5. The summed E-state index contributed by atoms with van der Waals surface area (Å²) < 4.78 is 7.74. The summed E-state index contributed by atoms with van der Waals surface area (Å²) in [4.78, 5) is 17.7. The molecular formula is C20H20ClN5O3. The van der Waals surface area contributed by atoms with E-state index in [0.717, 1.165) is 10.2 Å². The molecule has 8 nitrogen and oxygen atoms in total. The SMILES string of the molecule is COc1cccc(-n2nnn(C)c2=O)c1CON=C(C)/C=C/c1ccc(Cl)cc1. The molecule has 0 N–H and O–H groups in total. The maximum absolute atomic E-state index is 12.2.